The molecule has 0 saturated heterocycles. The maximum absolute atomic E-state index is 4.38. The standard InChI is InChI=1S/C16H12N2/c1-2-4-12(5-3-1)13-6-7-14-11-16-17-8-9-18(16)15(14)10-13/h1-10H,11H2. The van der Waals surface area contributed by atoms with Gasteiger partial charge in [-0.1, -0.05) is 42.5 Å². The van der Waals surface area contributed by atoms with Crippen molar-refractivity contribution in [1.29, 1.82) is 0 Å². The Balaban J connectivity index is 1.89. The van der Waals surface area contributed by atoms with Crippen LogP contribution in [0.5, 0.6) is 0 Å². The summed E-state index contributed by atoms with van der Waals surface area (Å²) in [6, 6.07) is 17.1. The summed E-state index contributed by atoms with van der Waals surface area (Å²) in [5.74, 6) is 1.13. The highest BCUT2D eigenvalue weighted by atomic mass is 15.1. The Labute approximate surface area is 106 Å². The molecular weight excluding hydrogens is 220 g/mol. The molecule has 1 aliphatic rings. The van der Waals surface area contributed by atoms with E-state index in [0.717, 1.165) is 12.2 Å². The summed E-state index contributed by atoms with van der Waals surface area (Å²) < 4.78 is 2.18. The second kappa shape index (κ2) is 3.57. The number of nitrogens with zero attached hydrogens (tertiary/aromatic N) is 2. The summed E-state index contributed by atoms with van der Waals surface area (Å²) in [6.45, 7) is 0. The number of rotatable bonds is 1. The number of fused-ring (bicyclic) bond motifs is 3. The zero-order valence-electron chi connectivity index (χ0n) is 9.88. The van der Waals surface area contributed by atoms with E-state index in [2.05, 4.69) is 52.0 Å². The summed E-state index contributed by atoms with van der Waals surface area (Å²) in [5.41, 5.74) is 5.14. The normalized spacial score (nSPS) is 12.2. The van der Waals surface area contributed by atoms with E-state index in [1.54, 1.807) is 0 Å². The van der Waals surface area contributed by atoms with Crippen LogP contribution in [0.2, 0.25) is 0 Å². The third kappa shape index (κ3) is 1.32. The van der Waals surface area contributed by atoms with E-state index >= 15 is 0 Å². The minimum atomic E-state index is 0.942. The molecule has 1 aromatic heterocycles. The Morgan fingerprint density at radius 1 is 0.944 bits per heavy atom. The lowest BCUT2D eigenvalue weighted by molar-refractivity contribution is 0.997. The van der Waals surface area contributed by atoms with Crippen molar-refractivity contribution in [3.8, 4) is 16.8 Å². The number of benzene rings is 2. The molecule has 2 aromatic carbocycles. The van der Waals surface area contributed by atoms with Gasteiger partial charge in [0.2, 0.25) is 0 Å². The van der Waals surface area contributed by atoms with Gasteiger partial charge in [0.15, 0.2) is 0 Å². The van der Waals surface area contributed by atoms with Gasteiger partial charge in [0.25, 0.3) is 0 Å². The van der Waals surface area contributed by atoms with Crippen LogP contribution in [-0.4, -0.2) is 9.55 Å². The van der Waals surface area contributed by atoms with Crippen molar-refractivity contribution in [3.05, 3.63) is 72.3 Å². The summed E-state index contributed by atoms with van der Waals surface area (Å²) in [4.78, 5) is 4.38. The van der Waals surface area contributed by atoms with Gasteiger partial charge in [-0.25, -0.2) is 4.98 Å². The smallest absolute Gasteiger partial charge is 0.117 e. The lowest BCUT2D eigenvalue weighted by Crippen LogP contribution is -1.90. The predicted molar refractivity (Wildman–Crippen MR) is 71.8 cm³/mol. The first-order chi connectivity index (χ1) is 8.92. The minimum Gasteiger partial charge on any atom is -0.303 e. The average Bonchev–Trinajstić information content (AvgIpc) is 2.99. The summed E-state index contributed by atoms with van der Waals surface area (Å²) in [5, 5.41) is 0. The number of aromatic nitrogens is 2. The quantitative estimate of drug-likeness (QED) is 0.491. The maximum Gasteiger partial charge on any atom is 0.117 e. The first-order valence-corrected chi connectivity index (χ1v) is 6.13. The summed E-state index contributed by atoms with van der Waals surface area (Å²) in [7, 11) is 0. The molecule has 0 unspecified atom stereocenters. The van der Waals surface area contributed by atoms with Crippen LogP contribution in [0.1, 0.15) is 11.4 Å². The molecule has 3 aromatic rings. The van der Waals surface area contributed by atoms with Crippen LogP contribution in [0, 0.1) is 0 Å². The molecule has 18 heavy (non-hydrogen) atoms. The van der Waals surface area contributed by atoms with Crippen molar-refractivity contribution < 1.29 is 0 Å². The molecule has 4 rings (SSSR count). The molecule has 0 aliphatic carbocycles. The summed E-state index contributed by atoms with van der Waals surface area (Å²) in [6.07, 6.45) is 4.85. The van der Waals surface area contributed by atoms with Gasteiger partial charge in [0, 0.05) is 18.8 Å². The van der Waals surface area contributed by atoms with Crippen LogP contribution >= 0.6 is 0 Å². The molecule has 0 spiro atoms. The average molecular weight is 232 g/mol. The Hall–Kier alpha value is -2.35. The molecule has 0 radical (unpaired) electrons. The van der Waals surface area contributed by atoms with Gasteiger partial charge in [-0.2, -0.15) is 0 Å². The largest absolute Gasteiger partial charge is 0.303 e. The first-order valence-electron chi connectivity index (χ1n) is 6.13. The highest BCUT2D eigenvalue weighted by Crippen LogP contribution is 2.30. The SMILES string of the molecule is c1ccc(-c2ccc3c(c2)-n2ccnc2C3)cc1. The molecule has 2 heteroatoms. The van der Waals surface area contributed by atoms with Crippen LogP contribution in [0.15, 0.2) is 60.9 Å². The fourth-order valence-corrected chi connectivity index (χ4v) is 2.60. The van der Waals surface area contributed by atoms with E-state index in [4.69, 9.17) is 0 Å². The van der Waals surface area contributed by atoms with Gasteiger partial charge in [-0.3, -0.25) is 0 Å². The molecular formula is C16H12N2. The van der Waals surface area contributed by atoms with Crippen molar-refractivity contribution in [2.24, 2.45) is 0 Å². The molecule has 0 atom stereocenters. The Morgan fingerprint density at radius 3 is 2.72 bits per heavy atom. The molecule has 1 aliphatic heterocycles. The Morgan fingerprint density at radius 2 is 1.83 bits per heavy atom. The molecule has 0 saturated carbocycles. The second-order valence-electron chi connectivity index (χ2n) is 4.60. The second-order valence-corrected chi connectivity index (χ2v) is 4.60. The van der Waals surface area contributed by atoms with Crippen LogP contribution in [0.3, 0.4) is 0 Å². The van der Waals surface area contributed by atoms with E-state index in [1.807, 2.05) is 18.5 Å². The van der Waals surface area contributed by atoms with E-state index in [-0.39, 0.29) is 0 Å². The molecule has 0 bridgehead atoms. The molecule has 0 N–H and O–H groups in total. The molecule has 2 nitrogen and oxygen atoms in total. The zero-order chi connectivity index (χ0) is 11.9. The van der Waals surface area contributed by atoms with Gasteiger partial charge in [0.1, 0.15) is 5.82 Å². The van der Waals surface area contributed by atoms with Crippen LogP contribution in [-0.2, 0) is 6.42 Å². The molecule has 0 amide bonds. The highest BCUT2D eigenvalue weighted by Gasteiger charge is 2.18. The first kappa shape index (κ1) is 9.66. The lowest BCUT2D eigenvalue weighted by Gasteiger charge is -2.06. The van der Waals surface area contributed by atoms with Crippen molar-refractivity contribution in [1.82, 2.24) is 9.55 Å². The number of hydrogen-bond acceptors (Lipinski definition) is 1. The van der Waals surface area contributed by atoms with Crippen LogP contribution in [0.25, 0.3) is 16.8 Å². The molecule has 86 valence electrons. The van der Waals surface area contributed by atoms with Gasteiger partial charge in [-0.15, -0.1) is 0 Å². The Bertz CT molecular complexity index is 711. The summed E-state index contributed by atoms with van der Waals surface area (Å²) >= 11 is 0. The third-order valence-electron chi connectivity index (χ3n) is 3.52. The van der Waals surface area contributed by atoms with Gasteiger partial charge in [-0.05, 0) is 22.8 Å². The monoisotopic (exact) mass is 232 g/mol. The fraction of sp³-hybridized carbons (Fsp3) is 0.0625. The van der Waals surface area contributed by atoms with Crippen LogP contribution in [0.4, 0.5) is 0 Å². The predicted octanol–water partition coefficient (Wildman–Crippen LogP) is 3.44. The minimum absolute atomic E-state index is 0.942. The highest BCUT2D eigenvalue weighted by molar-refractivity contribution is 5.68. The van der Waals surface area contributed by atoms with Crippen molar-refractivity contribution in [2.75, 3.05) is 0 Å². The van der Waals surface area contributed by atoms with E-state index < -0.39 is 0 Å². The van der Waals surface area contributed by atoms with Crippen LogP contribution < -0.4 is 0 Å². The number of imidazole rings is 1. The van der Waals surface area contributed by atoms with Gasteiger partial charge in [0.05, 0.1) is 5.69 Å². The number of hydrogen-bond donors (Lipinski definition) is 0. The fourth-order valence-electron chi connectivity index (χ4n) is 2.60. The third-order valence-corrected chi connectivity index (χ3v) is 3.52. The van der Waals surface area contributed by atoms with Gasteiger partial charge < -0.3 is 4.57 Å². The van der Waals surface area contributed by atoms with Crippen molar-refractivity contribution >= 4 is 0 Å². The van der Waals surface area contributed by atoms with E-state index in [9.17, 15) is 0 Å². The molecule has 0 fully saturated rings. The van der Waals surface area contributed by atoms with E-state index in [1.165, 1.54) is 22.4 Å². The van der Waals surface area contributed by atoms with Crippen molar-refractivity contribution in [2.45, 2.75) is 6.42 Å². The van der Waals surface area contributed by atoms with Crippen molar-refractivity contribution in [3.63, 3.8) is 0 Å². The molecule has 2 heterocycles. The lowest BCUT2D eigenvalue weighted by atomic mass is 10.0. The maximum atomic E-state index is 4.38. The topological polar surface area (TPSA) is 17.8 Å². The van der Waals surface area contributed by atoms with Gasteiger partial charge >= 0.3 is 0 Å². The Kier molecular flexibility index (Phi) is 1.92. The zero-order valence-corrected chi connectivity index (χ0v) is 9.88. The van der Waals surface area contributed by atoms with E-state index in [0.29, 0.717) is 0 Å².